The smallest absolute Gasteiger partial charge is 0.251 e. The predicted molar refractivity (Wildman–Crippen MR) is 183 cm³/mol. The first-order chi connectivity index (χ1) is 23.7. The number of amides is 1. The van der Waals surface area contributed by atoms with E-state index in [-0.39, 0.29) is 23.0 Å². The minimum atomic E-state index is -0.729. The number of hydrogen-bond donors (Lipinski definition) is 1. The number of benzene rings is 4. The summed E-state index contributed by atoms with van der Waals surface area (Å²) in [6, 6.07) is 18.8. The largest absolute Gasteiger partial charge is 0.494 e. The Hall–Kier alpha value is -5.14. The normalized spacial score (nSPS) is 10.9. The number of nitrogens with one attached hydrogen (secondary N) is 1. The van der Waals surface area contributed by atoms with E-state index in [1.807, 2.05) is 18.0 Å². The summed E-state index contributed by atoms with van der Waals surface area (Å²) in [5.74, 6) is -0.687. The van der Waals surface area contributed by atoms with Gasteiger partial charge >= 0.3 is 0 Å². The highest BCUT2D eigenvalue weighted by Crippen LogP contribution is 2.38. The Bertz CT molecular complexity index is 1910. The molecule has 0 bridgehead atoms. The standard InChI is InChI=1S/C36H35F3N4O5S/c1-42(25-11-13-31(46-3)33(18-25)48-5)34-20-41-36(43(34)26-10-12-28(37)32(19-26)47-4)49-21-27-29(38)16-24(17-30(27)39)22-6-8-23(9-7-22)35(44)40-14-15-45-2/h6-13,16-20H,14-15,21H2,1-5H3,(H,40,44). The molecule has 256 valence electrons. The molecule has 1 amide bonds. The number of nitrogens with zero attached hydrogens (tertiary/aromatic N) is 3. The molecule has 13 heteroatoms. The van der Waals surface area contributed by atoms with Crippen LogP contribution in [0.25, 0.3) is 16.8 Å². The van der Waals surface area contributed by atoms with Crippen LogP contribution in [-0.4, -0.2) is 64.1 Å². The van der Waals surface area contributed by atoms with Gasteiger partial charge in [-0.1, -0.05) is 23.9 Å². The maximum absolute atomic E-state index is 15.5. The number of halogens is 3. The van der Waals surface area contributed by atoms with Crippen LogP contribution >= 0.6 is 11.8 Å². The monoisotopic (exact) mass is 692 g/mol. The van der Waals surface area contributed by atoms with Gasteiger partial charge in [-0.25, -0.2) is 18.2 Å². The first-order valence-electron chi connectivity index (χ1n) is 15.0. The van der Waals surface area contributed by atoms with Gasteiger partial charge in [0, 0.05) is 55.4 Å². The van der Waals surface area contributed by atoms with E-state index in [1.165, 1.54) is 31.4 Å². The van der Waals surface area contributed by atoms with Crippen molar-refractivity contribution in [1.29, 1.82) is 0 Å². The van der Waals surface area contributed by atoms with Crippen molar-refractivity contribution in [3.05, 3.63) is 108 Å². The van der Waals surface area contributed by atoms with E-state index in [4.69, 9.17) is 18.9 Å². The molecule has 1 heterocycles. The highest BCUT2D eigenvalue weighted by atomic mass is 32.2. The molecule has 0 aliphatic heterocycles. The number of hydrogen-bond acceptors (Lipinski definition) is 8. The Balaban J connectivity index is 1.43. The Morgan fingerprint density at radius 1 is 0.816 bits per heavy atom. The van der Waals surface area contributed by atoms with E-state index in [1.54, 1.807) is 74.6 Å². The number of rotatable bonds is 14. The van der Waals surface area contributed by atoms with Crippen LogP contribution in [0, 0.1) is 17.5 Å². The molecule has 1 N–H and O–H groups in total. The Kier molecular flexibility index (Phi) is 11.4. The van der Waals surface area contributed by atoms with Crippen LogP contribution in [0.2, 0.25) is 0 Å². The van der Waals surface area contributed by atoms with Crippen molar-refractivity contribution in [2.75, 3.05) is 53.5 Å². The summed E-state index contributed by atoms with van der Waals surface area (Å²) < 4.78 is 68.2. The molecule has 0 fully saturated rings. The zero-order valence-corrected chi connectivity index (χ0v) is 28.4. The Morgan fingerprint density at radius 3 is 2.16 bits per heavy atom. The van der Waals surface area contributed by atoms with Crippen molar-refractivity contribution in [3.8, 4) is 34.1 Å². The molecule has 5 rings (SSSR count). The van der Waals surface area contributed by atoms with Gasteiger partial charge < -0.3 is 29.2 Å². The molecule has 9 nitrogen and oxygen atoms in total. The lowest BCUT2D eigenvalue weighted by Crippen LogP contribution is -2.26. The number of carbonyl (C=O) groups excluding carboxylic acids is 1. The molecule has 0 radical (unpaired) electrons. The number of methoxy groups -OCH3 is 4. The molecule has 0 saturated carbocycles. The maximum Gasteiger partial charge on any atom is 0.251 e. The number of thioether (sulfide) groups is 1. The summed E-state index contributed by atoms with van der Waals surface area (Å²) in [5.41, 5.74) is 2.41. The fourth-order valence-electron chi connectivity index (χ4n) is 5.09. The summed E-state index contributed by atoms with van der Waals surface area (Å²) in [6.45, 7) is 0.745. The van der Waals surface area contributed by atoms with E-state index in [0.717, 1.165) is 17.4 Å². The summed E-state index contributed by atoms with van der Waals surface area (Å²) in [6.07, 6.45) is 1.62. The molecule has 0 atom stereocenters. The number of anilines is 2. The molecule has 0 spiro atoms. The third kappa shape index (κ3) is 7.79. The Labute approximate surface area is 286 Å². The van der Waals surface area contributed by atoms with E-state index in [9.17, 15) is 9.18 Å². The van der Waals surface area contributed by atoms with E-state index >= 15 is 8.78 Å². The van der Waals surface area contributed by atoms with Crippen molar-refractivity contribution < 1.29 is 36.9 Å². The van der Waals surface area contributed by atoms with Crippen LogP contribution in [0.15, 0.2) is 84.1 Å². The fourth-order valence-corrected chi connectivity index (χ4v) is 6.09. The first-order valence-corrected chi connectivity index (χ1v) is 16.0. The molecule has 49 heavy (non-hydrogen) atoms. The van der Waals surface area contributed by atoms with E-state index < -0.39 is 17.5 Å². The van der Waals surface area contributed by atoms with Crippen molar-refractivity contribution in [3.63, 3.8) is 0 Å². The van der Waals surface area contributed by atoms with Crippen molar-refractivity contribution in [2.45, 2.75) is 10.9 Å². The average molecular weight is 693 g/mol. The van der Waals surface area contributed by atoms with Crippen LogP contribution in [0.5, 0.6) is 17.2 Å². The summed E-state index contributed by atoms with van der Waals surface area (Å²) in [4.78, 5) is 18.7. The number of carbonyl (C=O) groups is 1. The lowest BCUT2D eigenvalue weighted by molar-refractivity contribution is 0.0937. The zero-order chi connectivity index (χ0) is 35.1. The van der Waals surface area contributed by atoms with Crippen LogP contribution in [0.3, 0.4) is 0 Å². The first kappa shape index (κ1) is 35.2. The van der Waals surface area contributed by atoms with Crippen LogP contribution in [0.1, 0.15) is 15.9 Å². The number of imidazole rings is 1. The van der Waals surface area contributed by atoms with Gasteiger partial charge in [-0.05, 0) is 59.7 Å². The van der Waals surface area contributed by atoms with Gasteiger partial charge in [-0.2, -0.15) is 0 Å². The van der Waals surface area contributed by atoms with Gasteiger partial charge in [0.15, 0.2) is 28.2 Å². The van der Waals surface area contributed by atoms with E-state index in [2.05, 4.69) is 10.3 Å². The molecule has 0 aliphatic rings. The number of aromatic nitrogens is 2. The molecule has 0 unspecified atom stereocenters. The molecular formula is C36H35F3N4O5S. The van der Waals surface area contributed by atoms with Crippen LogP contribution in [0.4, 0.5) is 24.7 Å². The van der Waals surface area contributed by atoms with Crippen LogP contribution < -0.4 is 24.4 Å². The van der Waals surface area contributed by atoms with Gasteiger partial charge in [0.1, 0.15) is 17.5 Å². The average Bonchev–Trinajstić information content (AvgIpc) is 3.54. The Morgan fingerprint density at radius 2 is 1.51 bits per heavy atom. The van der Waals surface area contributed by atoms with Crippen molar-refractivity contribution >= 4 is 29.2 Å². The molecule has 1 aromatic heterocycles. The molecular weight excluding hydrogens is 657 g/mol. The molecule has 0 saturated heterocycles. The summed E-state index contributed by atoms with van der Waals surface area (Å²) >= 11 is 1.12. The van der Waals surface area contributed by atoms with Gasteiger partial charge in [-0.3, -0.25) is 9.36 Å². The highest BCUT2D eigenvalue weighted by Gasteiger charge is 2.21. The lowest BCUT2D eigenvalue weighted by Gasteiger charge is -2.23. The minimum Gasteiger partial charge on any atom is -0.494 e. The topological polar surface area (TPSA) is 87.1 Å². The second-order valence-corrected chi connectivity index (χ2v) is 11.6. The third-order valence-corrected chi connectivity index (χ3v) is 8.74. The second-order valence-electron chi connectivity index (χ2n) is 10.7. The van der Waals surface area contributed by atoms with Gasteiger partial charge in [0.25, 0.3) is 5.91 Å². The summed E-state index contributed by atoms with van der Waals surface area (Å²) in [5, 5.41) is 3.13. The minimum absolute atomic E-state index is 0.0225. The lowest BCUT2D eigenvalue weighted by atomic mass is 10.0. The van der Waals surface area contributed by atoms with Crippen molar-refractivity contribution in [2.24, 2.45) is 0 Å². The van der Waals surface area contributed by atoms with Crippen molar-refractivity contribution in [1.82, 2.24) is 14.9 Å². The predicted octanol–water partition coefficient (Wildman–Crippen LogP) is 7.42. The van der Waals surface area contributed by atoms with Gasteiger partial charge in [-0.15, -0.1) is 0 Å². The number of ether oxygens (including phenoxy) is 4. The van der Waals surface area contributed by atoms with Crippen LogP contribution in [-0.2, 0) is 10.5 Å². The van der Waals surface area contributed by atoms with Gasteiger partial charge in [0.2, 0.25) is 0 Å². The van der Waals surface area contributed by atoms with Gasteiger partial charge in [0.05, 0.1) is 39.8 Å². The summed E-state index contributed by atoms with van der Waals surface area (Å²) in [7, 11) is 7.82. The SMILES string of the molecule is COCCNC(=O)c1ccc(-c2cc(F)c(CSc3ncc(N(C)c4ccc(OC)c(OC)c4)n3-c3ccc(F)c(OC)c3)c(F)c2)cc1. The fraction of sp³-hybridized carbons (Fsp3) is 0.222. The second kappa shape index (κ2) is 15.8. The zero-order valence-electron chi connectivity index (χ0n) is 27.6. The highest BCUT2D eigenvalue weighted by molar-refractivity contribution is 7.98. The molecule has 5 aromatic rings. The maximum atomic E-state index is 15.5. The van der Waals surface area contributed by atoms with E-state index in [0.29, 0.717) is 58.0 Å². The quantitative estimate of drug-likeness (QED) is 0.0951. The molecule has 0 aliphatic carbocycles. The third-order valence-electron chi connectivity index (χ3n) is 7.76. The molecule has 4 aromatic carbocycles.